The summed E-state index contributed by atoms with van der Waals surface area (Å²) in [5, 5.41) is 5.93. The summed E-state index contributed by atoms with van der Waals surface area (Å²) in [6.07, 6.45) is 5.75. The van der Waals surface area contributed by atoms with Gasteiger partial charge in [0.05, 0.1) is 6.54 Å². The van der Waals surface area contributed by atoms with Gasteiger partial charge in [-0.15, -0.1) is 0 Å². The van der Waals surface area contributed by atoms with Crippen molar-refractivity contribution in [2.75, 3.05) is 11.9 Å². The van der Waals surface area contributed by atoms with Crippen LogP contribution >= 0.6 is 0 Å². The number of anilines is 1. The molecule has 2 N–H and O–H groups in total. The van der Waals surface area contributed by atoms with Gasteiger partial charge in [0.25, 0.3) is 0 Å². The van der Waals surface area contributed by atoms with Crippen LogP contribution in [0.4, 0.5) is 5.82 Å². The molecule has 0 atom stereocenters. The van der Waals surface area contributed by atoms with Crippen LogP contribution in [0.25, 0.3) is 0 Å². The fraction of sp³-hybridized carbons (Fsp3) is 0.583. The number of nitrogens with zero attached hydrogens (tertiary/aromatic N) is 2. The Hall–Kier alpha value is -1.65. The minimum atomic E-state index is 0.0307. The molecule has 2 rings (SSSR count). The summed E-state index contributed by atoms with van der Waals surface area (Å²) in [5.41, 5.74) is 1.01. The predicted octanol–water partition coefficient (Wildman–Crippen LogP) is 1.12. The van der Waals surface area contributed by atoms with Crippen LogP contribution in [0.3, 0.4) is 0 Å². The number of aromatic nitrogens is 2. The normalized spacial score (nSPS) is 14.4. The van der Waals surface area contributed by atoms with E-state index in [2.05, 4.69) is 27.5 Å². The Balaban J connectivity index is 1.80. The van der Waals surface area contributed by atoms with Gasteiger partial charge in [0.1, 0.15) is 12.1 Å². The van der Waals surface area contributed by atoms with Gasteiger partial charge >= 0.3 is 0 Å². The number of hydrogen-bond donors (Lipinski definition) is 2. The Morgan fingerprint density at radius 1 is 1.47 bits per heavy atom. The lowest BCUT2D eigenvalue weighted by atomic mass is 10.2. The summed E-state index contributed by atoms with van der Waals surface area (Å²) in [7, 11) is 0. The van der Waals surface area contributed by atoms with Gasteiger partial charge in [-0.05, 0) is 19.3 Å². The topological polar surface area (TPSA) is 66.9 Å². The van der Waals surface area contributed by atoms with Crippen molar-refractivity contribution in [3.63, 3.8) is 0 Å². The van der Waals surface area contributed by atoms with Crippen LogP contribution in [-0.2, 0) is 11.2 Å². The monoisotopic (exact) mass is 234 g/mol. The van der Waals surface area contributed by atoms with Crippen molar-refractivity contribution in [3.05, 3.63) is 18.1 Å². The maximum absolute atomic E-state index is 11.5. The molecular formula is C12H18N4O. The maximum Gasteiger partial charge on any atom is 0.239 e. The molecule has 0 unspecified atom stereocenters. The minimum Gasteiger partial charge on any atom is -0.361 e. The van der Waals surface area contributed by atoms with Gasteiger partial charge < -0.3 is 10.6 Å². The Bertz CT molecular complexity index is 390. The van der Waals surface area contributed by atoms with Crippen molar-refractivity contribution in [1.29, 1.82) is 0 Å². The zero-order valence-corrected chi connectivity index (χ0v) is 10.1. The van der Waals surface area contributed by atoms with Crippen molar-refractivity contribution < 1.29 is 4.79 Å². The average Bonchev–Trinajstić information content (AvgIpc) is 3.11. The Kier molecular flexibility index (Phi) is 3.90. The van der Waals surface area contributed by atoms with Gasteiger partial charge in [-0.1, -0.05) is 13.3 Å². The van der Waals surface area contributed by atoms with E-state index in [1.54, 1.807) is 0 Å². The zero-order valence-electron chi connectivity index (χ0n) is 10.1. The zero-order chi connectivity index (χ0) is 12.1. The van der Waals surface area contributed by atoms with Crippen molar-refractivity contribution in [2.45, 2.75) is 38.6 Å². The van der Waals surface area contributed by atoms with Crippen molar-refractivity contribution in [3.8, 4) is 0 Å². The standard InChI is InChI=1S/C12H18N4O/c1-2-3-10-6-11(15-8-14-10)13-7-12(17)16-9-4-5-9/h6,8-9H,2-5,7H2,1H3,(H,16,17)(H,13,14,15). The fourth-order valence-electron chi connectivity index (χ4n) is 1.56. The molecule has 0 aliphatic heterocycles. The fourth-order valence-corrected chi connectivity index (χ4v) is 1.56. The van der Waals surface area contributed by atoms with Gasteiger partial charge in [-0.25, -0.2) is 9.97 Å². The SMILES string of the molecule is CCCc1cc(NCC(=O)NC2CC2)ncn1. The van der Waals surface area contributed by atoms with E-state index in [0.29, 0.717) is 6.04 Å². The highest BCUT2D eigenvalue weighted by Gasteiger charge is 2.22. The van der Waals surface area contributed by atoms with Gasteiger partial charge in [-0.3, -0.25) is 4.79 Å². The molecule has 0 bridgehead atoms. The second-order valence-electron chi connectivity index (χ2n) is 4.34. The second-order valence-corrected chi connectivity index (χ2v) is 4.34. The number of carbonyl (C=O) groups excluding carboxylic acids is 1. The summed E-state index contributed by atoms with van der Waals surface area (Å²) in [6.45, 7) is 2.39. The Labute approximate surface area is 101 Å². The molecule has 1 heterocycles. The van der Waals surface area contributed by atoms with Crippen LogP contribution in [0.1, 0.15) is 31.9 Å². The van der Waals surface area contributed by atoms with E-state index in [0.717, 1.165) is 37.2 Å². The van der Waals surface area contributed by atoms with Crippen LogP contribution in [0.2, 0.25) is 0 Å². The molecule has 0 spiro atoms. The van der Waals surface area contributed by atoms with E-state index < -0.39 is 0 Å². The van der Waals surface area contributed by atoms with Gasteiger partial charge in [0, 0.05) is 17.8 Å². The number of hydrogen-bond acceptors (Lipinski definition) is 4. The molecule has 0 radical (unpaired) electrons. The third-order valence-corrected chi connectivity index (χ3v) is 2.60. The molecule has 0 saturated heterocycles. The minimum absolute atomic E-state index is 0.0307. The number of rotatable bonds is 6. The lowest BCUT2D eigenvalue weighted by Crippen LogP contribution is -2.31. The molecule has 1 amide bonds. The molecule has 1 aromatic rings. The molecular weight excluding hydrogens is 216 g/mol. The first-order chi connectivity index (χ1) is 8.28. The lowest BCUT2D eigenvalue weighted by molar-refractivity contribution is -0.119. The molecule has 1 aliphatic rings. The highest BCUT2D eigenvalue weighted by molar-refractivity contribution is 5.80. The summed E-state index contributed by atoms with van der Waals surface area (Å²) in [4.78, 5) is 19.7. The van der Waals surface area contributed by atoms with Crippen LogP contribution in [0, 0.1) is 0 Å². The van der Waals surface area contributed by atoms with Crippen molar-refractivity contribution >= 4 is 11.7 Å². The molecule has 92 valence electrons. The molecule has 1 fully saturated rings. The third-order valence-electron chi connectivity index (χ3n) is 2.60. The molecule has 5 nitrogen and oxygen atoms in total. The van der Waals surface area contributed by atoms with Crippen LogP contribution in [-0.4, -0.2) is 28.5 Å². The van der Waals surface area contributed by atoms with Gasteiger partial charge in [0.15, 0.2) is 0 Å². The van der Waals surface area contributed by atoms with E-state index in [1.807, 2.05) is 6.07 Å². The molecule has 1 aromatic heterocycles. The van der Waals surface area contributed by atoms with E-state index in [9.17, 15) is 4.79 Å². The average molecular weight is 234 g/mol. The van der Waals surface area contributed by atoms with Gasteiger partial charge in [-0.2, -0.15) is 0 Å². The molecule has 5 heteroatoms. The Morgan fingerprint density at radius 2 is 2.29 bits per heavy atom. The highest BCUT2D eigenvalue weighted by Crippen LogP contribution is 2.18. The van der Waals surface area contributed by atoms with Crippen LogP contribution in [0.5, 0.6) is 0 Å². The summed E-state index contributed by atoms with van der Waals surface area (Å²) in [5.74, 6) is 0.748. The maximum atomic E-state index is 11.5. The van der Waals surface area contributed by atoms with Crippen molar-refractivity contribution in [1.82, 2.24) is 15.3 Å². The first-order valence-electron chi connectivity index (χ1n) is 6.12. The van der Waals surface area contributed by atoms with E-state index >= 15 is 0 Å². The van der Waals surface area contributed by atoms with E-state index in [-0.39, 0.29) is 12.5 Å². The Morgan fingerprint density at radius 3 is 3.00 bits per heavy atom. The highest BCUT2D eigenvalue weighted by atomic mass is 16.2. The first kappa shape index (κ1) is 11.8. The number of aryl methyl sites for hydroxylation is 1. The largest absolute Gasteiger partial charge is 0.361 e. The number of nitrogens with one attached hydrogen (secondary N) is 2. The van der Waals surface area contributed by atoms with Crippen LogP contribution < -0.4 is 10.6 Å². The third kappa shape index (κ3) is 4.01. The molecule has 17 heavy (non-hydrogen) atoms. The van der Waals surface area contributed by atoms with E-state index in [4.69, 9.17) is 0 Å². The number of carbonyl (C=O) groups is 1. The van der Waals surface area contributed by atoms with Crippen molar-refractivity contribution in [2.24, 2.45) is 0 Å². The lowest BCUT2D eigenvalue weighted by Gasteiger charge is -2.06. The van der Waals surface area contributed by atoms with Crippen LogP contribution in [0.15, 0.2) is 12.4 Å². The predicted molar refractivity (Wildman–Crippen MR) is 65.7 cm³/mol. The summed E-state index contributed by atoms with van der Waals surface area (Å²) < 4.78 is 0. The summed E-state index contributed by atoms with van der Waals surface area (Å²) >= 11 is 0. The second kappa shape index (κ2) is 5.61. The van der Waals surface area contributed by atoms with Gasteiger partial charge in [0.2, 0.25) is 5.91 Å². The first-order valence-corrected chi connectivity index (χ1v) is 6.12. The summed E-state index contributed by atoms with van der Waals surface area (Å²) in [6, 6.07) is 2.30. The number of amides is 1. The quantitative estimate of drug-likeness (QED) is 0.774. The molecule has 1 saturated carbocycles. The molecule has 1 aliphatic carbocycles. The smallest absolute Gasteiger partial charge is 0.239 e. The molecule has 0 aromatic carbocycles. The van der Waals surface area contributed by atoms with E-state index in [1.165, 1.54) is 6.33 Å².